The Morgan fingerprint density at radius 2 is 1.80 bits per heavy atom. The lowest BCUT2D eigenvalue weighted by atomic mass is 9.98. The molecule has 0 radical (unpaired) electrons. The summed E-state index contributed by atoms with van der Waals surface area (Å²) in [6.45, 7) is 8.65. The molecule has 15 heavy (non-hydrogen) atoms. The Hall–Kier alpha value is -1.31. The molecule has 0 aliphatic heterocycles. The number of hydrogen-bond acceptors (Lipinski definition) is 1. The van der Waals surface area contributed by atoms with Gasteiger partial charge < -0.3 is 4.90 Å². The molecule has 0 unspecified atom stereocenters. The van der Waals surface area contributed by atoms with Gasteiger partial charge in [-0.25, -0.2) is 0 Å². The maximum Gasteiger partial charge on any atom is 0.219 e. The first-order valence-electron chi connectivity index (χ1n) is 5.21. The number of rotatable bonds is 2. The van der Waals surface area contributed by atoms with Gasteiger partial charge >= 0.3 is 0 Å². The van der Waals surface area contributed by atoms with E-state index in [9.17, 15) is 4.79 Å². The van der Waals surface area contributed by atoms with Crippen LogP contribution in [0.1, 0.15) is 29.2 Å². The molecular formula is C13H19NO. The van der Waals surface area contributed by atoms with Crippen molar-refractivity contribution in [3.63, 3.8) is 0 Å². The second-order valence-electron chi connectivity index (χ2n) is 4.17. The average molecular weight is 205 g/mol. The van der Waals surface area contributed by atoms with Crippen LogP contribution in [0.4, 0.5) is 0 Å². The minimum atomic E-state index is 0.104. The topological polar surface area (TPSA) is 20.3 Å². The van der Waals surface area contributed by atoms with E-state index in [1.165, 1.54) is 22.3 Å². The molecule has 0 aliphatic carbocycles. The molecule has 0 N–H and O–H groups in total. The second kappa shape index (κ2) is 4.47. The SMILES string of the molecule is CC(=O)N(C)Cc1ccc(C)c(C)c1C. The van der Waals surface area contributed by atoms with Crippen LogP contribution in [-0.2, 0) is 11.3 Å². The fourth-order valence-corrected chi connectivity index (χ4v) is 1.55. The van der Waals surface area contributed by atoms with Crippen molar-refractivity contribution in [1.82, 2.24) is 4.90 Å². The molecule has 0 aliphatic rings. The van der Waals surface area contributed by atoms with Crippen LogP contribution in [-0.4, -0.2) is 17.9 Å². The summed E-state index contributed by atoms with van der Waals surface area (Å²) in [5.41, 5.74) is 5.16. The van der Waals surface area contributed by atoms with E-state index in [2.05, 4.69) is 32.9 Å². The van der Waals surface area contributed by atoms with Crippen molar-refractivity contribution in [3.8, 4) is 0 Å². The zero-order valence-corrected chi connectivity index (χ0v) is 10.2. The van der Waals surface area contributed by atoms with Gasteiger partial charge in [-0.3, -0.25) is 4.79 Å². The van der Waals surface area contributed by atoms with E-state index in [0.717, 1.165) is 0 Å². The Bertz CT molecular complexity index is 382. The second-order valence-corrected chi connectivity index (χ2v) is 4.17. The van der Waals surface area contributed by atoms with E-state index in [-0.39, 0.29) is 5.91 Å². The molecule has 1 amide bonds. The van der Waals surface area contributed by atoms with Gasteiger partial charge in [-0.05, 0) is 43.0 Å². The zero-order chi connectivity index (χ0) is 11.6. The number of aryl methyl sites for hydroxylation is 1. The van der Waals surface area contributed by atoms with Gasteiger partial charge in [0.25, 0.3) is 0 Å². The molecule has 2 heteroatoms. The Kier molecular flexibility index (Phi) is 3.51. The molecule has 0 spiro atoms. The van der Waals surface area contributed by atoms with Crippen molar-refractivity contribution in [1.29, 1.82) is 0 Å². The van der Waals surface area contributed by atoms with E-state index in [1.54, 1.807) is 11.8 Å². The molecule has 1 rings (SSSR count). The summed E-state index contributed by atoms with van der Waals surface area (Å²) in [4.78, 5) is 12.9. The predicted octanol–water partition coefficient (Wildman–Crippen LogP) is 2.59. The van der Waals surface area contributed by atoms with E-state index in [1.807, 2.05) is 7.05 Å². The van der Waals surface area contributed by atoms with E-state index < -0.39 is 0 Å². The van der Waals surface area contributed by atoms with Gasteiger partial charge in [0.2, 0.25) is 5.91 Å². The fraction of sp³-hybridized carbons (Fsp3) is 0.462. The summed E-state index contributed by atoms with van der Waals surface area (Å²) >= 11 is 0. The monoisotopic (exact) mass is 205 g/mol. The summed E-state index contributed by atoms with van der Waals surface area (Å²) in [5.74, 6) is 0.104. The maximum absolute atomic E-state index is 11.1. The lowest BCUT2D eigenvalue weighted by Crippen LogP contribution is -2.23. The van der Waals surface area contributed by atoms with Crippen LogP contribution in [0, 0.1) is 20.8 Å². The van der Waals surface area contributed by atoms with Crippen molar-refractivity contribution < 1.29 is 4.79 Å². The van der Waals surface area contributed by atoms with Crippen molar-refractivity contribution >= 4 is 5.91 Å². The third-order valence-electron chi connectivity index (χ3n) is 3.12. The van der Waals surface area contributed by atoms with Gasteiger partial charge in [0.1, 0.15) is 0 Å². The molecule has 82 valence electrons. The normalized spacial score (nSPS) is 10.2. The maximum atomic E-state index is 11.1. The summed E-state index contributed by atoms with van der Waals surface area (Å²) in [6, 6.07) is 4.22. The summed E-state index contributed by atoms with van der Waals surface area (Å²) in [6.07, 6.45) is 0. The van der Waals surface area contributed by atoms with Crippen LogP contribution in [0.2, 0.25) is 0 Å². The molecule has 0 atom stereocenters. The quantitative estimate of drug-likeness (QED) is 0.726. The molecule has 0 heterocycles. The standard InChI is InChI=1S/C13H19NO/c1-9-6-7-13(11(3)10(9)2)8-14(5)12(4)15/h6-7H,8H2,1-5H3. The van der Waals surface area contributed by atoms with Crippen molar-refractivity contribution in [2.45, 2.75) is 34.2 Å². The van der Waals surface area contributed by atoms with Crippen molar-refractivity contribution in [2.75, 3.05) is 7.05 Å². The van der Waals surface area contributed by atoms with Crippen LogP contribution in [0.5, 0.6) is 0 Å². The minimum Gasteiger partial charge on any atom is -0.342 e. The van der Waals surface area contributed by atoms with E-state index >= 15 is 0 Å². The Morgan fingerprint density at radius 1 is 1.20 bits per heavy atom. The first-order chi connectivity index (χ1) is 6.93. The van der Waals surface area contributed by atoms with E-state index in [0.29, 0.717) is 6.54 Å². The van der Waals surface area contributed by atoms with Crippen LogP contribution >= 0.6 is 0 Å². The fourth-order valence-electron chi connectivity index (χ4n) is 1.55. The third-order valence-corrected chi connectivity index (χ3v) is 3.12. The van der Waals surface area contributed by atoms with Gasteiger partial charge in [0.05, 0.1) is 0 Å². The third kappa shape index (κ3) is 2.58. The van der Waals surface area contributed by atoms with Crippen LogP contribution in [0.3, 0.4) is 0 Å². The average Bonchev–Trinajstić information content (AvgIpc) is 2.18. The highest BCUT2D eigenvalue weighted by molar-refractivity contribution is 5.72. The zero-order valence-electron chi connectivity index (χ0n) is 10.2. The number of hydrogen-bond donors (Lipinski definition) is 0. The van der Waals surface area contributed by atoms with Crippen LogP contribution in [0.15, 0.2) is 12.1 Å². The molecule has 0 aromatic heterocycles. The Labute approximate surface area is 91.9 Å². The van der Waals surface area contributed by atoms with Gasteiger partial charge in [-0.2, -0.15) is 0 Å². The highest BCUT2D eigenvalue weighted by Crippen LogP contribution is 2.18. The number of amides is 1. The lowest BCUT2D eigenvalue weighted by molar-refractivity contribution is -0.128. The minimum absolute atomic E-state index is 0.104. The Morgan fingerprint density at radius 3 is 2.33 bits per heavy atom. The molecule has 0 bridgehead atoms. The van der Waals surface area contributed by atoms with Crippen molar-refractivity contribution in [2.24, 2.45) is 0 Å². The first kappa shape index (κ1) is 11.8. The van der Waals surface area contributed by atoms with Crippen LogP contribution in [0.25, 0.3) is 0 Å². The number of carbonyl (C=O) groups excluding carboxylic acids is 1. The van der Waals surface area contributed by atoms with Gasteiger partial charge in [0, 0.05) is 20.5 Å². The molecule has 0 saturated heterocycles. The molecule has 2 nitrogen and oxygen atoms in total. The summed E-state index contributed by atoms with van der Waals surface area (Å²) in [7, 11) is 1.83. The molecule has 0 saturated carbocycles. The van der Waals surface area contributed by atoms with Gasteiger partial charge in [-0.15, -0.1) is 0 Å². The highest BCUT2D eigenvalue weighted by atomic mass is 16.2. The molecular weight excluding hydrogens is 186 g/mol. The van der Waals surface area contributed by atoms with Gasteiger partial charge in [-0.1, -0.05) is 12.1 Å². The van der Waals surface area contributed by atoms with Gasteiger partial charge in [0.15, 0.2) is 0 Å². The largest absolute Gasteiger partial charge is 0.342 e. The predicted molar refractivity (Wildman–Crippen MR) is 62.8 cm³/mol. The lowest BCUT2D eigenvalue weighted by Gasteiger charge is -2.18. The van der Waals surface area contributed by atoms with Crippen LogP contribution < -0.4 is 0 Å². The number of benzene rings is 1. The molecule has 0 fully saturated rings. The summed E-state index contributed by atoms with van der Waals surface area (Å²) in [5, 5.41) is 0. The van der Waals surface area contributed by atoms with Crippen molar-refractivity contribution in [3.05, 3.63) is 34.4 Å². The highest BCUT2D eigenvalue weighted by Gasteiger charge is 2.07. The molecule has 1 aromatic rings. The first-order valence-corrected chi connectivity index (χ1v) is 5.21. The number of nitrogens with zero attached hydrogens (tertiary/aromatic N) is 1. The molecule has 1 aromatic carbocycles. The smallest absolute Gasteiger partial charge is 0.219 e. The number of carbonyl (C=O) groups is 1. The van der Waals surface area contributed by atoms with E-state index in [4.69, 9.17) is 0 Å². The summed E-state index contributed by atoms with van der Waals surface area (Å²) < 4.78 is 0. The Balaban J connectivity index is 2.97.